The summed E-state index contributed by atoms with van der Waals surface area (Å²) in [6.45, 7) is 0. The van der Waals surface area contributed by atoms with Crippen molar-refractivity contribution in [3.05, 3.63) is 0 Å². The molecule has 0 radical (unpaired) electrons. The molecule has 0 saturated heterocycles. The Morgan fingerprint density at radius 2 is 2.25 bits per heavy atom. The average molecular weight is 113 g/mol. The number of carbonyl (C=O) groups excluding carboxylic acids is 1. The zero-order valence-corrected chi connectivity index (χ0v) is 5.29. The maximum Gasteiger partial charge on any atom is 0.124 e. The Morgan fingerprint density at radius 1 is 1.62 bits per heavy atom. The van der Waals surface area contributed by atoms with Gasteiger partial charge in [-0.15, -0.1) is 0 Å². The Kier molecular flexibility index (Phi) is 1.34. The van der Waals surface area contributed by atoms with Crippen LogP contribution in [0.25, 0.3) is 0 Å². The first-order valence-corrected chi connectivity index (χ1v) is 2.87. The second-order valence-corrected chi connectivity index (χ2v) is 2.57. The molecule has 0 aromatic rings. The van der Waals surface area contributed by atoms with Crippen molar-refractivity contribution >= 4 is 6.29 Å². The van der Waals surface area contributed by atoms with E-state index >= 15 is 0 Å². The van der Waals surface area contributed by atoms with E-state index in [0.29, 0.717) is 12.0 Å². The van der Waals surface area contributed by atoms with Crippen molar-refractivity contribution in [3.8, 4) is 0 Å². The first kappa shape index (κ1) is 5.76. The molecule has 2 nitrogen and oxygen atoms in total. The molecule has 1 aliphatic carbocycles. The molecule has 1 fully saturated rings. The van der Waals surface area contributed by atoms with Gasteiger partial charge >= 0.3 is 0 Å². The van der Waals surface area contributed by atoms with Crippen molar-refractivity contribution in [2.45, 2.75) is 12.5 Å². The third-order valence-electron chi connectivity index (χ3n) is 1.64. The third-order valence-corrected chi connectivity index (χ3v) is 1.64. The second kappa shape index (κ2) is 1.86. The Bertz CT molecular complexity index is 101. The number of hydrogen-bond acceptors (Lipinski definition) is 2. The molecule has 0 aromatic heterocycles. The van der Waals surface area contributed by atoms with Crippen LogP contribution in [0.15, 0.2) is 0 Å². The lowest BCUT2D eigenvalue weighted by atomic mass is 10.4. The number of rotatable bonds is 2. The van der Waals surface area contributed by atoms with Gasteiger partial charge in [-0.05, 0) is 20.5 Å². The average Bonchev–Trinajstić information content (AvgIpc) is 2.42. The third kappa shape index (κ3) is 0.892. The van der Waals surface area contributed by atoms with Crippen molar-refractivity contribution in [2.75, 3.05) is 14.1 Å². The molecule has 1 rings (SSSR count). The van der Waals surface area contributed by atoms with E-state index in [-0.39, 0.29) is 0 Å². The van der Waals surface area contributed by atoms with Crippen LogP contribution >= 0.6 is 0 Å². The highest BCUT2D eigenvalue weighted by Crippen LogP contribution is 2.31. The van der Waals surface area contributed by atoms with Gasteiger partial charge in [0.1, 0.15) is 6.29 Å². The van der Waals surface area contributed by atoms with E-state index in [0.717, 1.165) is 12.7 Å². The minimum Gasteiger partial charge on any atom is -0.306 e. The quantitative estimate of drug-likeness (QED) is 0.474. The molecule has 2 unspecified atom stereocenters. The first-order valence-electron chi connectivity index (χ1n) is 2.87. The molecule has 0 heterocycles. The Balaban J connectivity index is 2.26. The van der Waals surface area contributed by atoms with E-state index < -0.39 is 0 Å². The fourth-order valence-electron chi connectivity index (χ4n) is 0.940. The molecule has 2 atom stereocenters. The molecule has 0 bridgehead atoms. The first-order chi connectivity index (χ1) is 3.75. The smallest absolute Gasteiger partial charge is 0.124 e. The Morgan fingerprint density at radius 3 is 2.38 bits per heavy atom. The SMILES string of the molecule is CN(C)C1CC1C=O. The fraction of sp³-hybridized carbons (Fsp3) is 0.833. The minimum absolute atomic E-state index is 0.338. The van der Waals surface area contributed by atoms with Crippen molar-refractivity contribution in [3.63, 3.8) is 0 Å². The number of carbonyl (C=O) groups is 1. The largest absolute Gasteiger partial charge is 0.306 e. The van der Waals surface area contributed by atoms with Crippen LogP contribution in [0.1, 0.15) is 6.42 Å². The molecule has 0 spiro atoms. The molecule has 0 aromatic carbocycles. The molecule has 46 valence electrons. The lowest BCUT2D eigenvalue weighted by Crippen LogP contribution is -2.16. The van der Waals surface area contributed by atoms with Crippen LogP contribution in [0.3, 0.4) is 0 Å². The summed E-state index contributed by atoms with van der Waals surface area (Å²) >= 11 is 0. The van der Waals surface area contributed by atoms with Gasteiger partial charge in [0.2, 0.25) is 0 Å². The highest BCUT2D eigenvalue weighted by molar-refractivity contribution is 5.59. The molecule has 0 aliphatic heterocycles. The summed E-state index contributed by atoms with van der Waals surface area (Å²) < 4.78 is 0. The number of nitrogens with zero attached hydrogens (tertiary/aromatic N) is 1. The van der Waals surface area contributed by atoms with E-state index in [9.17, 15) is 4.79 Å². The predicted molar refractivity (Wildman–Crippen MR) is 31.6 cm³/mol. The topological polar surface area (TPSA) is 20.3 Å². The number of hydrogen-bond donors (Lipinski definition) is 0. The van der Waals surface area contributed by atoms with E-state index in [4.69, 9.17) is 0 Å². The standard InChI is InChI=1S/C6H11NO/c1-7(2)6-3-5(6)4-8/h4-6H,3H2,1-2H3. The van der Waals surface area contributed by atoms with Crippen molar-refractivity contribution in [1.29, 1.82) is 0 Å². The summed E-state index contributed by atoms with van der Waals surface area (Å²) in [7, 11) is 4.02. The van der Waals surface area contributed by atoms with E-state index in [1.807, 2.05) is 14.1 Å². The van der Waals surface area contributed by atoms with E-state index in [1.165, 1.54) is 0 Å². The molecular weight excluding hydrogens is 102 g/mol. The monoisotopic (exact) mass is 113 g/mol. The van der Waals surface area contributed by atoms with Gasteiger partial charge in [-0.2, -0.15) is 0 Å². The highest BCUT2D eigenvalue weighted by atomic mass is 16.1. The Hall–Kier alpha value is -0.370. The van der Waals surface area contributed by atoms with Gasteiger partial charge in [0.15, 0.2) is 0 Å². The lowest BCUT2D eigenvalue weighted by Gasteiger charge is -2.04. The predicted octanol–water partition coefficient (Wildman–Crippen LogP) is 0.135. The van der Waals surface area contributed by atoms with Gasteiger partial charge < -0.3 is 9.69 Å². The lowest BCUT2D eigenvalue weighted by molar-refractivity contribution is -0.109. The van der Waals surface area contributed by atoms with Gasteiger partial charge in [-0.25, -0.2) is 0 Å². The van der Waals surface area contributed by atoms with Gasteiger partial charge in [0.05, 0.1) is 0 Å². The minimum atomic E-state index is 0.338. The normalized spacial score (nSPS) is 35.4. The van der Waals surface area contributed by atoms with Gasteiger partial charge in [0, 0.05) is 12.0 Å². The molecule has 0 N–H and O–H groups in total. The molecular formula is C6H11NO. The van der Waals surface area contributed by atoms with Crippen LogP contribution in [0, 0.1) is 5.92 Å². The van der Waals surface area contributed by atoms with Crippen LogP contribution < -0.4 is 0 Å². The molecule has 1 aliphatic rings. The zero-order chi connectivity index (χ0) is 6.15. The van der Waals surface area contributed by atoms with Crippen LogP contribution in [0.5, 0.6) is 0 Å². The maximum atomic E-state index is 10.1. The second-order valence-electron chi connectivity index (χ2n) is 2.57. The highest BCUT2D eigenvalue weighted by Gasteiger charge is 2.38. The van der Waals surface area contributed by atoms with Crippen LogP contribution in [-0.2, 0) is 4.79 Å². The van der Waals surface area contributed by atoms with E-state index in [1.54, 1.807) is 0 Å². The fourth-order valence-corrected chi connectivity index (χ4v) is 0.940. The van der Waals surface area contributed by atoms with Crippen molar-refractivity contribution in [2.24, 2.45) is 5.92 Å². The van der Waals surface area contributed by atoms with Crippen LogP contribution in [-0.4, -0.2) is 31.3 Å². The number of aldehydes is 1. The summed E-state index contributed by atoms with van der Waals surface area (Å²) in [6.07, 6.45) is 2.11. The van der Waals surface area contributed by atoms with Crippen LogP contribution in [0.4, 0.5) is 0 Å². The summed E-state index contributed by atoms with van der Waals surface area (Å²) in [4.78, 5) is 12.2. The van der Waals surface area contributed by atoms with E-state index in [2.05, 4.69) is 4.90 Å². The van der Waals surface area contributed by atoms with Gasteiger partial charge in [-0.1, -0.05) is 0 Å². The molecule has 8 heavy (non-hydrogen) atoms. The van der Waals surface area contributed by atoms with Crippen molar-refractivity contribution in [1.82, 2.24) is 4.90 Å². The zero-order valence-electron chi connectivity index (χ0n) is 5.29. The Labute approximate surface area is 49.5 Å². The summed E-state index contributed by atoms with van der Waals surface area (Å²) in [5.74, 6) is 0.338. The summed E-state index contributed by atoms with van der Waals surface area (Å²) in [6, 6.07) is 0.549. The molecule has 1 saturated carbocycles. The summed E-state index contributed by atoms with van der Waals surface area (Å²) in [5, 5.41) is 0. The maximum absolute atomic E-state index is 10.1. The van der Waals surface area contributed by atoms with Crippen LogP contribution in [0.2, 0.25) is 0 Å². The van der Waals surface area contributed by atoms with Crippen molar-refractivity contribution < 1.29 is 4.79 Å². The van der Waals surface area contributed by atoms with Gasteiger partial charge in [0.25, 0.3) is 0 Å². The van der Waals surface area contributed by atoms with Gasteiger partial charge in [-0.3, -0.25) is 0 Å². The molecule has 0 amide bonds. The summed E-state index contributed by atoms with van der Waals surface area (Å²) in [5.41, 5.74) is 0. The molecule has 2 heteroatoms.